The van der Waals surface area contributed by atoms with Gasteiger partial charge in [0.25, 0.3) is 0 Å². The number of carbonyl (C=O) groups excluding carboxylic acids is 2. The number of nitrogens with zero attached hydrogens (tertiary/aromatic N) is 2. The topological polar surface area (TPSA) is 140 Å². The van der Waals surface area contributed by atoms with Crippen LogP contribution in [0.15, 0.2) is 41.0 Å². The number of hydrogen-bond acceptors (Lipinski definition) is 7. The Morgan fingerprint density at radius 2 is 2.16 bits per heavy atom. The first-order valence-corrected chi connectivity index (χ1v) is 10.3. The molecule has 1 aromatic carbocycles. The molecule has 0 saturated carbocycles. The molecule has 2 aromatic heterocycles. The number of amides is 2. The van der Waals surface area contributed by atoms with Gasteiger partial charge in [-0.1, -0.05) is 12.1 Å². The minimum absolute atomic E-state index is 0.172. The van der Waals surface area contributed by atoms with Crippen molar-refractivity contribution in [3.05, 3.63) is 53.4 Å². The number of likely N-dealkylation sites (N-methyl/N-ethyl adjacent to an activating group) is 1. The Bertz CT molecular complexity index is 1230. The molecule has 0 aliphatic carbocycles. The lowest BCUT2D eigenvalue weighted by Crippen LogP contribution is -2.45. The van der Waals surface area contributed by atoms with E-state index in [0.29, 0.717) is 34.9 Å². The fourth-order valence-corrected chi connectivity index (χ4v) is 3.66. The van der Waals surface area contributed by atoms with Crippen molar-refractivity contribution in [2.24, 2.45) is 5.73 Å². The van der Waals surface area contributed by atoms with Crippen LogP contribution in [-0.2, 0) is 16.1 Å². The van der Waals surface area contributed by atoms with Crippen molar-refractivity contribution < 1.29 is 14.0 Å². The number of carbonyl (C=O) groups is 2. The van der Waals surface area contributed by atoms with E-state index in [0.717, 1.165) is 16.7 Å². The van der Waals surface area contributed by atoms with Crippen molar-refractivity contribution >= 4 is 46.1 Å². The van der Waals surface area contributed by atoms with Gasteiger partial charge in [-0.05, 0) is 37.6 Å². The Labute approximate surface area is 185 Å². The lowest BCUT2D eigenvalue weighted by Gasteiger charge is -2.16. The van der Waals surface area contributed by atoms with Gasteiger partial charge in [-0.3, -0.25) is 9.59 Å². The number of anilines is 3. The minimum Gasteiger partial charge on any atom is -0.459 e. The van der Waals surface area contributed by atoms with Gasteiger partial charge in [-0.2, -0.15) is 0 Å². The normalized spacial score (nSPS) is 18.2. The van der Waals surface area contributed by atoms with E-state index in [2.05, 4.69) is 15.6 Å². The van der Waals surface area contributed by atoms with E-state index in [-0.39, 0.29) is 17.9 Å². The van der Waals surface area contributed by atoms with E-state index < -0.39 is 6.04 Å². The fourth-order valence-electron chi connectivity index (χ4n) is 3.66. The standard InChI is InChI=1S/C23H26N6O3/c1-12-20(25)23(31)28-22-18(27-12)9-14(10-26-22)7-8-19(30)29(3)11-16-13(2)32-21-15(16)5-4-6-17(21)24/h4-10,12,20,27H,11,24-25H2,1-3H3,(H,26,28,31)/b8-7+. The number of nitrogen functional groups attached to an aromatic ring is 1. The summed E-state index contributed by atoms with van der Waals surface area (Å²) in [6.45, 7) is 4.08. The van der Waals surface area contributed by atoms with Crippen molar-refractivity contribution in [2.45, 2.75) is 32.5 Å². The number of aryl methyl sites for hydroxylation is 1. The van der Waals surface area contributed by atoms with Gasteiger partial charge in [0.05, 0.1) is 11.4 Å². The number of rotatable bonds is 4. The highest BCUT2D eigenvalue weighted by Crippen LogP contribution is 2.30. The fraction of sp³-hybridized carbons (Fsp3) is 0.261. The molecule has 3 heterocycles. The molecule has 0 saturated heterocycles. The highest BCUT2D eigenvalue weighted by atomic mass is 16.3. The zero-order valence-electron chi connectivity index (χ0n) is 18.2. The summed E-state index contributed by atoms with van der Waals surface area (Å²) in [6, 6.07) is 6.47. The van der Waals surface area contributed by atoms with Crippen molar-refractivity contribution in [3.63, 3.8) is 0 Å². The first-order chi connectivity index (χ1) is 15.2. The Kier molecular flexibility index (Phi) is 5.58. The zero-order chi connectivity index (χ0) is 23.0. The van der Waals surface area contributed by atoms with Gasteiger partial charge in [0.2, 0.25) is 11.8 Å². The van der Waals surface area contributed by atoms with E-state index in [4.69, 9.17) is 15.9 Å². The van der Waals surface area contributed by atoms with Gasteiger partial charge in [-0.15, -0.1) is 0 Å². The first kappa shape index (κ1) is 21.4. The van der Waals surface area contributed by atoms with E-state index in [9.17, 15) is 9.59 Å². The number of pyridine rings is 1. The number of nitrogens with one attached hydrogen (secondary N) is 2. The van der Waals surface area contributed by atoms with Crippen molar-refractivity contribution in [1.82, 2.24) is 9.88 Å². The lowest BCUT2D eigenvalue weighted by atomic mass is 10.1. The molecule has 9 nitrogen and oxygen atoms in total. The molecule has 6 N–H and O–H groups in total. The molecule has 2 unspecified atom stereocenters. The Morgan fingerprint density at radius 3 is 2.94 bits per heavy atom. The Hall–Kier alpha value is -3.85. The summed E-state index contributed by atoms with van der Waals surface area (Å²) >= 11 is 0. The number of aromatic nitrogens is 1. The summed E-state index contributed by atoms with van der Waals surface area (Å²) in [4.78, 5) is 30.6. The average Bonchev–Trinajstić information content (AvgIpc) is 3.03. The summed E-state index contributed by atoms with van der Waals surface area (Å²) in [5, 5.41) is 6.80. The maximum absolute atomic E-state index is 12.7. The van der Waals surface area contributed by atoms with E-state index in [1.807, 2.05) is 32.0 Å². The van der Waals surface area contributed by atoms with Crippen LogP contribution < -0.4 is 22.1 Å². The van der Waals surface area contributed by atoms with Crippen LogP contribution in [-0.4, -0.2) is 40.8 Å². The maximum atomic E-state index is 12.7. The molecule has 166 valence electrons. The molecular weight excluding hydrogens is 408 g/mol. The van der Waals surface area contributed by atoms with Crippen molar-refractivity contribution in [1.29, 1.82) is 0 Å². The summed E-state index contributed by atoms with van der Waals surface area (Å²) in [6.07, 6.45) is 4.76. The predicted octanol–water partition coefficient (Wildman–Crippen LogP) is 2.47. The third-order valence-corrected chi connectivity index (χ3v) is 5.62. The predicted molar refractivity (Wildman–Crippen MR) is 125 cm³/mol. The molecule has 3 aromatic rings. The monoisotopic (exact) mass is 434 g/mol. The van der Waals surface area contributed by atoms with E-state index in [1.165, 1.54) is 6.08 Å². The molecule has 4 rings (SSSR count). The van der Waals surface area contributed by atoms with Gasteiger partial charge in [0.15, 0.2) is 11.4 Å². The third kappa shape index (κ3) is 4.02. The molecular formula is C23H26N6O3. The third-order valence-electron chi connectivity index (χ3n) is 5.62. The van der Waals surface area contributed by atoms with Crippen LogP contribution in [0, 0.1) is 6.92 Å². The minimum atomic E-state index is -0.684. The molecule has 32 heavy (non-hydrogen) atoms. The lowest BCUT2D eigenvalue weighted by molar-refractivity contribution is -0.125. The number of benzene rings is 1. The Morgan fingerprint density at radius 1 is 1.38 bits per heavy atom. The van der Waals surface area contributed by atoms with Crippen LogP contribution in [0.1, 0.15) is 23.8 Å². The van der Waals surface area contributed by atoms with Crippen LogP contribution in [0.2, 0.25) is 0 Å². The molecule has 1 aliphatic rings. The van der Waals surface area contributed by atoms with E-state index in [1.54, 1.807) is 30.3 Å². The molecule has 1 aliphatic heterocycles. The van der Waals surface area contributed by atoms with Crippen LogP contribution in [0.25, 0.3) is 17.0 Å². The molecule has 9 heteroatoms. The van der Waals surface area contributed by atoms with Crippen LogP contribution >= 0.6 is 0 Å². The van der Waals surface area contributed by atoms with Crippen LogP contribution in [0.3, 0.4) is 0 Å². The maximum Gasteiger partial charge on any atom is 0.246 e. The second kappa shape index (κ2) is 8.35. The molecule has 2 atom stereocenters. The van der Waals surface area contributed by atoms with Crippen LogP contribution in [0.4, 0.5) is 17.2 Å². The van der Waals surface area contributed by atoms with Gasteiger partial charge >= 0.3 is 0 Å². The van der Waals surface area contributed by atoms with Gasteiger partial charge in [0, 0.05) is 42.9 Å². The summed E-state index contributed by atoms with van der Waals surface area (Å²) < 4.78 is 5.79. The van der Waals surface area contributed by atoms with Gasteiger partial charge < -0.3 is 31.4 Å². The number of nitrogens with two attached hydrogens (primary N) is 2. The van der Waals surface area contributed by atoms with Gasteiger partial charge in [-0.25, -0.2) is 4.98 Å². The molecule has 0 bridgehead atoms. The summed E-state index contributed by atoms with van der Waals surface area (Å²) in [5.74, 6) is 0.684. The SMILES string of the molecule is Cc1oc2c(N)cccc2c1CN(C)C(=O)/C=C/c1cnc2c(c1)NC(C)C(N)C(=O)N2. The second-order valence-corrected chi connectivity index (χ2v) is 8.00. The summed E-state index contributed by atoms with van der Waals surface area (Å²) in [5.41, 5.74) is 15.4. The quantitative estimate of drug-likeness (QED) is 0.365. The summed E-state index contributed by atoms with van der Waals surface area (Å²) in [7, 11) is 1.73. The number of para-hydroxylation sites is 1. The molecule has 0 spiro atoms. The average molecular weight is 435 g/mol. The highest BCUT2D eigenvalue weighted by molar-refractivity contribution is 5.99. The second-order valence-electron chi connectivity index (χ2n) is 8.00. The number of furan rings is 1. The highest BCUT2D eigenvalue weighted by Gasteiger charge is 2.26. The van der Waals surface area contributed by atoms with E-state index >= 15 is 0 Å². The number of fused-ring (bicyclic) bond motifs is 2. The smallest absolute Gasteiger partial charge is 0.246 e. The number of hydrogen-bond donors (Lipinski definition) is 4. The molecule has 2 amide bonds. The molecule has 0 radical (unpaired) electrons. The van der Waals surface area contributed by atoms with Crippen molar-refractivity contribution in [2.75, 3.05) is 23.4 Å². The first-order valence-electron chi connectivity index (χ1n) is 10.3. The van der Waals surface area contributed by atoms with Crippen LogP contribution in [0.5, 0.6) is 0 Å². The Balaban J connectivity index is 1.49. The molecule has 0 fully saturated rings. The van der Waals surface area contributed by atoms with Gasteiger partial charge in [0.1, 0.15) is 11.8 Å². The largest absolute Gasteiger partial charge is 0.459 e. The van der Waals surface area contributed by atoms with Crippen molar-refractivity contribution in [3.8, 4) is 0 Å². The zero-order valence-corrected chi connectivity index (χ0v) is 18.2.